The van der Waals surface area contributed by atoms with Crippen molar-refractivity contribution in [2.75, 3.05) is 0 Å². The Bertz CT molecular complexity index is 708. The van der Waals surface area contributed by atoms with Crippen LogP contribution < -0.4 is 10.9 Å². The third-order valence-corrected chi connectivity index (χ3v) is 4.40. The van der Waals surface area contributed by atoms with Crippen molar-refractivity contribution in [3.8, 4) is 0 Å². The van der Waals surface area contributed by atoms with Crippen molar-refractivity contribution in [2.45, 2.75) is 38.5 Å². The molecule has 1 aliphatic rings. The van der Waals surface area contributed by atoms with E-state index in [4.69, 9.17) is 0 Å². The van der Waals surface area contributed by atoms with Crippen LogP contribution in [0.5, 0.6) is 0 Å². The van der Waals surface area contributed by atoms with E-state index in [1.54, 1.807) is 6.07 Å². The second kappa shape index (κ2) is 7.22. The summed E-state index contributed by atoms with van der Waals surface area (Å²) < 4.78 is 0. The van der Waals surface area contributed by atoms with Crippen LogP contribution in [0, 0.1) is 5.92 Å². The molecule has 1 fully saturated rings. The first-order chi connectivity index (χ1) is 11.2. The lowest BCUT2D eigenvalue weighted by molar-refractivity contribution is -0.122. The standard InChI is InChI=1S/C18H21N3O2/c22-17(12-9-13-5-1-2-6-13)20-21-18(23)16-11-10-14-7-3-4-8-15(14)19-16/h3-4,7-8,10-11,13H,1-2,5-6,9,12H2,(H,20,22)(H,21,23). The van der Waals surface area contributed by atoms with E-state index in [0.29, 0.717) is 18.0 Å². The zero-order chi connectivity index (χ0) is 16.1. The first-order valence-corrected chi connectivity index (χ1v) is 8.17. The third kappa shape index (κ3) is 4.06. The van der Waals surface area contributed by atoms with Gasteiger partial charge in [0.05, 0.1) is 5.52 Å². The van der Waals surface area contributed by atoms with Gasteiger partial charge in [-0.1, -0.05) is 49.9 Å². The van der Waals surface area contributed by atoms with Crippen LogP contribution in [0.25, 0.3) is 10.9 Å². The first kappa shape index (κ1) is 15.5. The number of carbonyl (C=O) groups is 2. The van der Waals surface area contributed by atoms with E-state index >= 15 is 0 Å². The average molecular weight is 311 g/mol. The highest BCUT2D eigenvalue weighted by atomic mass is 16.2. The van der Waals surface area contributed by atoms with Crippen molar-refractivity contribution in [1.82, 2.24) is 15.8 Å². The number of para-hydroxylation sites is 1. The molecular formula is C18H21N3O2. The van der Waals surface area contributed by atoms with Gasteiger partial charge < -0.3 is 0 Å². The second-order valence-electron chi connectivity index (χ2n) is 6.08. The Kier molecular flexibility index (Phi) is 4.86. The maximum atomic E-state index is 12.1. The van der Waals surface area contributed by atoms with Crippen molar-refractivity contribution >= 4 is 22.7 Å². The fourth-order valence-electron chi connectivity index (χ4n) is 3.08. The zero-order valence-corrected chi connectivity index (χ0v) is 13.0. The molecule has 2 N–H and O–H groups in total. The highest BCUT2D eigenvalue weighted by Gasteiger charge is 2.16. The Morgan fingerprint density at radius 3 is 2.65 bits per heavy atom. The van der Waals surface area contributed by atoms with Gasteiger partial charge in [-0.05, 0) is 24.5 Å². The van der Waals surface area contributed by atoms with Crippen LogP contribution in [0.15, 0.2) is 36.4 Å². The largest absolute Gasteiger partial charge is 0.288 e. The van der Waals surface area contributed by atoms with Crippen molar-refractivity contribution in [1.29, 1.82) is 0 Å². The predicted molar refractivity (Wildman–Crippen MR) is 88.5 cm³/mol. The van der Waals surface area contributed by atoms with E-state index in [9.17, 15) is 9.59 Å². The van der Waals surface area contributed by atoms with Crippen molar-refractivity contribution < 1.29 is 9.59 Å². The number of hydrazine groups is 1. The van der Waals surface area contributed by atoms with Gasteiger partial charge in [0, 0.05) is 11.8 Å². The first-order valence-electron chi connectivity index (χ1n) is 8.17. The second-order valence-corrected chi connectivity index (χ2v) is 6.08. The summed E-state index contributed by atoms with van der Waals surface area (Å²) >= 11 is 0. The van der Waals surface area contributed by atoms with E-state index in [1.807, 2.05) is 30.3 Å². The minimum Gasteiger partial charge on any atom is -0.273 e. The van der Waals surface area contributed by atoms with Gasteiger partial charge in [-0.2, -0.15) is 0 Å². The molecule has 5 heteroatoms. The molecule has 0 radical (unpaired) electrons. The monoisotopic (exact) mass is 311 g/mol. The van der Waals surface area contributed by atoms with Gasteiger partial charge in [-0.25, -0.2) is 4.98 Å². The molecule has 1 saturated carbocycles. The van der Waals surface area contributed by atoms with Gasteiger partial charge >= 0.3 is 0 Å². The number of benzene rings is 1. The molecule has 0 atom stereocenters. The number of aromatic nitrogens is 1. The van der Waals surface area contributed by atoms with Crippen LogP contribution in [0.3, 0.4) is 0 Å². The number of hydrogen-bond acceptors (Lipinski definition) is 3. The Morgan fingerprint density at radius 1 is 1.04 bits per heavy atom. The number of fused-ring (bicyclic) bond motifs is 1. The van der Waals surface area contributed by atoms with Gasteiger partial charge in [0.2, 0.25) is 5.91 Å². The van der Waals surface area contributed by atoms with Gasteiger partial charge in [-0.3, -0.25) is 20.4 Å². The lowest BCUT2D eigenvalue weighted by atomic mass is 10.0. The van der Waals surface area contributed by atoms with Gasteiger partial charge in [0.25, 0.3) is 5.91 Å². The smallest absolute Gasteiger partial charge is 0.273 e. The molecule has 0 bridgehead atoms. The van der Waals surface area contributed by atoms with Crippen LogP contribution >= 0.6 is 0 Å². The lowest BCUT2D eigenvalue weighted by Gasteiger charge is -2.10. The van der Waals surface area contributed by atoms with E-state index in [1.165, 1.54) is 25.7 Å². The number of nitrogens with one attached hydrogen (secondary N) is 2. The summed E-state index contributed by atoms with van der Waals surface area (Å²) in [4.78, 5) is 28.2. The zero-order valence-electron chi connectivity index (χ0n) is 13.0. The highest BCUT2D eigenvalue weighted by molar-refractivity contribution is 5.95. The van der Waals surface area contributed by atoms with Crippen LogP contribution in [0.2, 0.25) is 0 Å². The SMILES string of the molecule is O=C(CCC1CCCC1)NNC(=O)c1ccc2ccccc2n1. The average Bonchev–Trinajstić information content (AvgIpc) is 3.11. The number of amides is 2. The molecule has 1 aliphatic carbocycles. The molecule has 3 rings (SSSR count). The molecular weight excluding hydrogens is 290 g/mol. The van der Waals surface area contributed by atoms with Crippen LogP contribution in [0.4, 0.5) is 0 Å². The topological polar surface area (TPSA) is 71.1 Å². The van der Waals surface area contributed by atoms with Crippen LogP contribution in [0.1, 0.15) is 49.0 Å². The Hall–Kier alpha value is -2.43. The number of rotatable bonds is 4. The summed E-state index contributed by atoms with van der Waals surface area (Å²) in [6.45, 7) is 0. The molecule has 2 amide bonds. The summed E-state index contributed by atoms with van der Waals surface area (Å²) in [5.74, 6) is 0.120. The quantitative estimate of drug-likeness (QED) is 0.853. The van der Waals surface area contributed by atoms with Crippen molar-refractivity contribution in [3.05, 3.63) is 42.1 Å². The molecule has 0 aliphatic heterocycles. The fourth-order valence-corrected chi connectivity index (χ4v) is 3.08. The third-order valence-electron chi connectivity index (χ3n) is 4.40. The minimum atomic E-state index is -0.398. The van der Waals surface area contributed by atoms with E-state index in [2.05, 4.69) is 15.8 Å². The molecule has 0 saturated heterocycles. The van der Waals surface area contributed by atoms with Crippen LogP contribution in [-0.4, -0.2) is 16.8 Å². The summed E-state index contributed by atoms with van der Waals surface area (Å²) in [5, 5.41) is 0.977. The molecule has 0 unspecified atom stereocenters. The summed E-state index contributed by atoms with van der Waals surface area (Å²) in [6.07, 6.45) is 6.35. The summed E-state index contributed by atoms with van der Waals surface area (Å²) in [5.41, 5.74) is 5.96. The normalized spacial score (nSPS) is 14.8. The molecule has 120 valence electrons. The Labute approximate surface area is 135 Å². The number of hydrogen-bond donors (Lipinski definition) is 2. The Balaban J connectivity index is 1.50. The minimum absolute atomic E-state index is 0.147. The molecule has 0 spiro atoms. The number of nitrogens with zero attached hydrogens (tertiary/aromatic N) is 1. The Morgan fingerprint density at radius 2 is 1.83 bits per heavy atom. The van der Waals surface area contributed by atoms with Gasteiger partial charge in [0.1, 0.15) is 5.69 Å². The van der Waals surface area contributed by atoms with Crippen molar-refractivity contribution in [2.24, 2.45) is 5.92 Å². The summed E-state index contributed by atoms with van der Waals surface area (Å²) in [6, 6.07) is 11.1. The maximum Gasteiger partial charge on any atom is 0.288 e. The molecule has 5 nitrogen and oxygen atoms in total. The summed E-state index contributed by atoms with van der Waals surface area (Å²) in [7, 11) is 0. The fraction of sp³-hybridized carbons (Fsp3) is 0.389. The lowest BCUT2D eigenvalue weighted by Crippen LogP contribution is -2.42. The van der Waals surface area contributed by atoms with Gasteiger partial charge in [-0.15, -0.1) is 0 Å². The highest BCUT2D eigenvalue weighted by Crippen LogP contribution is 2.28. The molecule has 1 heterocycles. The molecule has 23 heavy (non-hydrogen) atoms. The molecule has 2 aromatic rings. The number of carbonyl (C=O) groups excluding carboxylic acids is 2. The van der Waals surface area contributed by atoms with Crippen LogP contribution in [-0.2, 0) is 4.79 Å². The molecule has 1 aromatic heterocycles. The van der Waals surface area contributed by atoms with E-state index in [0.717, 1.165) is 17.3 Å². The predicted octanol–water partition coefficient (Wildman–Crippen LogP) is 2.97. The maximum absolute atomic E-state index is 12.1. The van der Waals surface area contributed by atoms with E-state index < -0.39 is 5.91 Å². The van der Waals surface area contributed by atoms with Gasteiger partial charge in [0.15, 0.2) is 0 Å². The van der Waals surface area contributed by atoms with Crippen molar-refractivity contribution in [3.63, 3.8) is 0 Å². The van der Waals surface area contributed by atoms with E-state index in [-0.39, 0.29) is 5.91 Å². The molecule has 1 aromatic carbocycles. The number of pyridine rings is 1.